The van der Waals surface area contributed by atoms with E-state index in [-0.39, 0.29) is 29.6 Å². The molecule has 1 saturated heterocycles. The molecule has 3 atom stereocenters. The first-order valence-electron chi connectivity index (χ1n) is 6.07. The topological polar surface area (TPSA) is 63.4 Å². The minimum absolute atomic E-state index is 0.0956. The van der Waals surface area contributed by atoms with E-state index >= 15 is 0 Å². The molecule has 5 nitrogen and oxygen atoms in total. The van der Waals surface area contributed by atoms with Crippen LogP contribution in [-0.2, 0) is 9.59 Å². The Hall–Kier alpha value is -1.91. The Morgan fingerprint density at radius 1 is 1.39 bits per heavy atom. The third-order valence-corrected chi connectivity index (χ3v) is 3.72. The van der Waals surface area contributed by atoms with E-state index in [9.17, 15) is 9.59 Å². The lowest BCUT2D eigenvalue weighted by molar-refractivity contribution is -0.122. The lowest BCUT2D eigenvalue weighted by Crippen LogP contribution is -2.31. The predicted octanol–water partition coefficient (Wildman–Crippen LogP) is 1.68. The number of hydrogen-bond acceptors (Lipinski definition) is 4. The van der Waals surface area contributed by atoms with Gasteiger partial charge in [0.05, 0.1) is 11.8 Å². The number of aryl methyl sites for hydroxylation is 1. The van der Waals surface area contributed by atoms with Crippen LogP contribution in [-0.4, -0.2) is 17.0 Å². The molecule has 18 heavy (non-hydrogen) atoms. The number of carbonyl (C=O) groups excluding carboxylic acids is 2. The van der Waals surface area contributed by atoms with Crippen LogP contribution in [0.2, 0.25) is 0 Å². The SMILES string of the molecule is Cc1cc(N2C(=O)[C@H]3[C@@H](C)C=CC[C@H]3C2=O)no1. The highest BCUT2D eigenvalue weighted by molar-refractivity contribution is 6.21. The number of fused-ring (bicyclic) bond motifs is 1. The van der Waals surface area contributed by atoms with Crippen LogP contribution in [0.1, 0.15) is 19.1 Å². The Bertz CT molecular complexity index is 546. The molecule has 2 aliphatic rings. The van der Waals surface area contributed by atoms with Crippen LogP contribution >= 0.6 is 0 Å². The van der Waals surface area contributed by atoms with Gasteiger partial charge in [0.2, 0.25) is 11.8 Å². The van der Waals surface area contributed by atoms with E-state index < -0.39 is 0 Å². The fraction of sp³-hybridized carbons (Fsp3) is 0.462. The average Bonchev–Trinajstić information content (AvgIpc) is 2.84. The van der Waals surface area contributed by atoms with Gasteiger partial charge in [-0.25, -0.2) is 4.90 Å². The third kappa shape index (κ3) is 1.43. The first kappa shape index (κ1) is 11.2. The second kappa shape index (κ2) is 3.80. The molecule has 0 N–H and O–H groups in total. The summed E-state index contributed by atoms with van der Waals surface area (Å²) >= 11 is 0. The summed E-state index contributed by atoms with van der Waals surface area (Å²) in [5.74, 6) is 0.188. The molecule has 0 bridgehead atoms. The Morgan fingerprint density at radius 3 is 2.78 bits per heavy atom. The van der Waals surface area contributed by atoms with Gasteiger partial charge >= 0.3 is 0 Å². The molecule has 1 fully saturated rings. The Kier molecular flexibility index (Phi) is 2.36. The molecular weight excluding hydrogens is 232 g/mol. The summed E-state index contributed by atoms with van der Waals surface area (Å²) in [4.78, 5) is 25.8. The summed E-state index contributed by atoms with van der Waals surface area (Å²) in [7, 11) is 0. The first-order valence-corrected chi connectivity index (χ1v) is 6.07. The van der Waals surface area contributed by atoms with Crippen molar-refractivity contribution in [3.63, 3.8) is 0 Å². The van der Waals surface area contributed by atoms with Crippen molar-refractivity contribution in [1.29, 1.82) is 0 Å². The van der Waals surface area contributed by atoms with Gasteiger partial charge in [-0.2, -0.15) is 0 Å². The van der Waals surface area contributed by atoms with Crippen LogP contribution in [0.3, 0.4) is 0 Å². The number of nitrogens with zero attached hydrogens (tertiary/aromatic N) is 2. The van der Waals surface area contributed by atoms with Crippen molar-refractivity contribution < 1.29 is 14.1 Å². The number of aromatic nitrogens is 1. The van der Waals surface area contributed by atoms with Crippen molar-refractivity contribution in [3.8, 4) is 0 Å². The van der Waals surface area contributed by atoms with Crippen molar-refractivity contribution in [2.45, 2.75) is 20.3 Å². The van der Waals surface area contributed by atoms with E-state index in [1.807, 2.05) is 19.1 Å². The summed E-state index contributed by atoms with van der Waals surface area (Å²) in [5, 5.41) is 3.77. The number of imide groups is 1. The summed E-state index contributed by atoms with van der Waals surface area (Å²) in [6.07, 6.45) is 4.62. The molecule has 1 aromatic rings. The van der Waals surface area contributed by atoms with E-state index in [2.05, 4.69) is 5.16 Å². The largest absolute Gasteiger partial charge is 0.360 e. The number of amides is 2. The number of anilines is 1. The Morgan fingerprint density at radius 2 is 2.17 bits per heavy atom. The lowest BCUT2D eigenvalue weighted by Gasteiger charge is -2.22. The van der Waals surface area contributed by atoms with Crippen molar-refractivity contribution in [3.05, 3.63) is 24.0 Å². The minimum atomic E-state index is -0.250. The smallest absolute Gasteiger partial charge is 0.239 e. The van der Waals surface area contributed by atoms with Crippen LogP contribution in [0.5, 0.6) is 0 Å². The number of rotatable bonds is 1. The van der Waals surface area contributed by atoms with Crippen LogP contribution in [0.4, 0.5) is 5.82 Å². The van der Waals surface area contributed by atoms with E-state index in [1.54, 1.807) is 13.0 Å². The fourth-order valence-corrected chi connectivity index (χ4v) is 2.83. The van der Waals surface area contributed by atoms with Crippen LogP contribution in [0.15, 0.2) is 22.7 Å². The molecule has 0 saturated carbocycles. The number of allylic oxidation sites excluding steroid dienone is 2. The molecule has 1 aromatic heterocycles. The number of carbonyl (C=O) groups is 2. The van der Waals surface area contributed by atoms with Gasteiger partial charge in [-0.3, -0.25) is 9.59 Å². The zero-order valence-electron chi connectivity index (χ0n) is 10.3. The summed E-state index contributed by atoms with van der Waals surface area (Å²) in [5.41, 5.74) is 0. The van der Waals surface area contributed by atoms with Gasteiger partial charge in [0, 0.05) is 6.07 Å². The fourth-order valence-electron chi connectivity index (χ4n) is 2.83. The van der Waals surface area contributed by atoms with Gasteiger partial charge in [0.1, 0.15) is 5.76 Å². The monoisotopic (exact) mass is 246 g/mol. The minimum Gasteiger partial charge on any atom is -0.360 e. The molecule has 0 unspecified atom stereocenters. The Labute approximate surface area is 104 Å². The van der Waals surface area contributed by atoms with Crippen molar-refractivity contribution in [1.82, 2.24) is 5.16 Å². The normalized spacial score (nSPS) is 31.0. The average molecular weight is 246 g/mol. The van der Waals surface area contributed by atoms with E-state index in [0.29, 0.717) is 18.0 Å². The molecule has 1 aliphatic carbocycles. The highest BCUT2D eigenvalue weighted by Gasteiger charge is 2.51. The van der Waals surface area contributed by atoms with Crippen molar-refractivity contribution in [2.24, 2.45) is 17.8 Å². The summed E-state index contributed by atoms with van der Waals surface area (Å²) in [6.45, 7) is 3.70. The predicted molar refractivity (Wildman–Crippen MR) is 63.6 cm³/mol. The van der Waals surface area contributed by atoms with Gasteiger partial charge in [-0.15, -0.1) is 0 Å². The van der Waals surface area contributed by atoms with Gasteiger partial charge in [-0.1, -0.05) is 24.2 Å². The highest BCUT2D eigenvalue weighted by Crippen LogP contribution is 2.40. The quantitative estimate of drug-likeness (QED) is 0.558. The molecule has 0 aromatic carbocycles. The molecule has 0 spiro atoms. The zero-order chi connectivity index (χ0) is 12.9. The summed E-state index contributed by atoms with van der Waals surface area (Å²) < 4.78 is 4.94. The van der Waals surface area contributed by atoms with E-state index in [0.717, 1.165) is 0 Å². The van der Waals surface area contributed by atoms with Gasteiger partial charge < -0.3 is 4.52 Å². The van der Waals surface area contributed by atoms with E-state index in [4.69, 9.17) is 4.52 Å². The maximum Gasteiger partial charge on any atom is 0.239 e. The molecule has 5 heteroatoms. The van der Waals surface area contributed by atoms with Crippen molar-refractivity contribution >= 4 is 17.6 Å². The first-order chi connectivity index (χ1) is 8.59. The highest BCUT2D eigenvalue weighted by atomic mass is 16.5. The Balaban J connectivity index is 1.99. The summed E-state index contributed by atoms with van der Waals surface area (Å²) in [6, 6.07) is 1.62. The molecule has 1 aliphatic heterocycles. The van der Waals surface area contributed by atoms with Crippen molar-refractivity contribution in [2.75, 3.05) is 4.90 Å². The maximum absolute atomic E-state index is 12.4. The van der Waals surface area contributed by atoms with Crippen LogP contribution in [0, 0.1) is 24.7 Å². The zero-order valence-corrected chi connectivity index (χ0v) is 10.3. The van der Waals surface area contributed by atoms with Crippen LogP contribution in [0.25, 0.3) is 0 Å². The van der Waals surface area contributed by atoms with Gasteiger partial charge in [-0.05, 0) is 19.3 Å². The maximum atomic E-state index is 12.4. The van der Waals surface area contributed by atoms with Crippen LogP contribution < -0.4 is 4.90 Å². The molecule has 2 amide bonds. The molecule has 0 radical (unpaired) electrons. The number of hydrogen-bond donors (Lipinski definition) is 0. The molecule has 94 valence electrons. The third-order valence-electron chi connectivity index (χ3n) is 3.72. The second-order valence-corrected chi connectivity index (χ2v) is 4.96. The van der Waals surface area contributed by atoms with Gasteiger partial charge in [0.25, 0.3) is 0 Å². The standard InChI is InChI=1S/C13H14N2O3/c1-7-4-3-5-9-11(7)13(17)15(12(9)16)10-6-8(2)18-14-10/h3-4,6-7,9,11H,5H2,1-2H3/t7-,9+,11-/m0/s1. The second-order valence-electron chi connectivity index (χ2n) is 4.96. The molecule has 2 heterocycles. The van der Waals surface area contributed by atoms with E-state index in [1.165, 1.54) is 4.90 Å². The lowest BCUT2D eigenvalue weighted by atomic mass is 9.78. The molecule has 3 rings (SSSR count). The van der Waals surface area contributed by atoms with Gasteiger partial charge in [0.15, 0.2) is 5.82 Å². The molecular formula is C13H14N2O3.